The maximum Gasteiger partial charge on any atom is 0.253 e. The van der Waals surface area contributed by atoms with E-state index in [-0.39, 0.29) is 12.5 Å². The lowest BCUT2D eigenvalue weighted by atomic mass is 10.1. The van der Waals surface area contributed by atoms with E-state index < -0.39 is 5.91 Å². The molecule has 2 aliphatic rings. The van der Waals surface area contributed by atoms with Gasteiger partial charge in [-0.1, -0.05) is 0 Å². The van der Waals surface area contributed by atoms with E-state index in [2.05, 4.69) is 25.4 Å². The molecule has 0 unspecified atom stereocenters. The molecule has 5 heterocycles. The van der Waals surface area contributed by atoms with Crippen LogP contribution in [0.5, 0.6) is 0 Å². The van der Waals surface area contributed by atoms with Crippen molar-refractivity contribution < 1.29 is 14.7 Å². The van der Waals surface area contributed by atoms with Crippen LogP contribution in [-0.4, -0.2) is 72.4 Å². The van der Waals surface area contributed by atoms with Crippen molar-refractivity contribution in [3.8, 4) is 21.7 Å². The zero-order chi connectivity index (χ0) is 25.7. The summed E-state index contributed by atoms with van der Waals surface area (Å²) in [5.41, 5.74) is 10.1. The molecule has 4 N–H and O–H groups in total. The van der Waals surface area contributed by atoms with Crippen LogP contribution in [0.3, 0.4) is 0 Å². The molecule has 4 aromatic heterocycles. The van der Waals surface area contributed by atoms with Gasteiger partial charge in [-0.3, -0.25) is 24.2 Å². The number of likely N-dealkylation sites (tertiary alicyclic amines) is 1. The van der Waals surface area contributed by atoms with Crippen LogP contribution >= 0.6 is 11.3 Å². The van der Waals surface area contributed by atoms with Crippen molar-refractivity contribution in [3.05, 3.63) is 42.1 Å². The SMILES string of the molecule is Cc1ncc(NC(=O)CN2CCC3(CC3)C2)cc1-c1c(-c2cnn(CCO)c2)sc2c(C(N)=O)cnn12. The number of fused-ring (bicyclic) bond motifs is 1. The van der Waals surface area contributed by atoms with Crippen LogP contribution < -0.4 is 11.1 Å². The Morgan fingerprint density at radius 2 is 2.05 bits per heavy atom. The fourth-order valence-electron chi connectivity index (χ4n) is 5.13. The Labute approximate surface area is 216 Å². The molecule has 0 atom stereocenters. The number of aromatic nitrogens is 5. The predicted molar refractivity (Wildman–Crippen MR) is 139 cm³/mol. The number of nitrogens with zero attached hydrogens (tertiary/aromatic N) is 6. The molecule has 1 saturated carbocycles. The zero-order valence-corrected chi connectivity index (χ0v) is 21.3. The molecule has 0 bridgehead atoms. The predicted octanol–water partition coefficient (Wildman–Crippen LogP) is 2.15. The number of anilines is 1. The Hall–Kier alpha value is -3.61. The Kier molecular flexibility index (Phi) is 5.81. The van der Waals surface area contributed by atoms with Gasteiger partial charge in [0.05, 0.1) is 60.1 Å². The molecule has 0 aromatic carbocycles. The molecule has 1 aliphatic carbocycles. The van der Waals surface area contributed by atoms with Gasteiger partial charge in [-0.05, 0) is 44.2 Å². The largest absolute Gasteiger partial charge is 0.394 e. The maximum absolute atomic E-state index is 12.8. The van der Waals surface area contributed by atoms with Gasteiger partial charge in [0.1, 0.15) is 4.83 Å². The van der Waals surface area contributed by atoms with Crippen molar-refractivity contribution in [3.63, 3.8) is 0 Å². The number of carbonyl (C=O) groups is 2. The summed E-state index contributed by atoms with van der Waals surface area (Å²) in [5, 5.41) is 21.1. The second kappa shape index (κ2) is 9.05. The highest BCUT2D eigenvalue weighted by Gasteiger charge is 2.47. The summed E-state index contributed by atoms with van der Waals surface area (Å²) in [4.78, 5) is 33.1. The van der Waals surface area contributed by atoms with E-state index in [9.17, 15) is 14.7 Å². The second-order valence-electron chi connectivity index (χ2n) is 10.0. The molecule has 1 saturated heterocycles. The molecule has 6 rings (SSSR count). The number of hydrogen-bond acceptors (Lipinski definition) is 8. The van der Waals surface area contributed by atoms with Crippen molar-refractivity contribution in [2.45, 2.75) is 32.7 Å². The average molecular weight is 521 g/mol. The summed E-state index contributed by atoms with van der Waals surface area (Å²) in [6.45, 7) is 4.55. The first-order valence-corrected chi connectivity index (χ1v) is 13.1. The third-order valence-corrected chi connectivity index (χ3v) is 8.53. The van der Waals surface area contributed by atoms with Gasteiger partial charge in [0.2, 0.25) is 5.91 Å². The number of aliphatic hydroxyl groups excluding tert-OH is 1. The van der Waals surface area contributed by atoms with Crippen molar-refractivity contribution in [2.75, 3.05) is 31.6 Å². The van der Waals surface area contributed by atoms with Crippen LogP contribution in [0.2, 0.25) is 0 Å². The number of thiazole rings is 1. The fourth-order valence-corrected chi connectivity index (χ4v) is 6.33. The Balaban J connectivity index is 1.36. The third kappa shape index (κ3) is 4.41. The molecule has 4 aromatic rings. The molecule has 0 radical (unpaired) electrons. The topological polar surface area (TPSA) is 144 Å². The molecule has 1 aliphatic heterocycles. The summed E-state index contributed by atoms with van der Waals surface area (Å²) in [5.74, 6) is -0.624. The fraction of sp³-hybridized carbons (Fsp3) is 0.400. The number of aryl methyl sites for hydroxylation is 1. The standard InChI is InChI=1S/C25H28N8O3S/c1-15-18(8-17(10-27-15)30-20(35)13-31-5-4-25(14-31)2-3-25)21-22(16-9-28-32(12-16)6-7-34)37-24-19(23(26)36)11-29-33(21)24/h8-12,34H,2-7,13-14H2,1H3,(H2,26,36)(H,30,35). The minimum absolute atomic E-state index is 0.0310. The summed E-state index contributed by atoms with van der Waals surface area (Å²) >= 11 is 1.38. The first kappa shape index (κ1) is 23.8. The number of hydrogen-bond donors (Lipinski definition) is 3. The van der Waals surface area contributed by atoms with E-state index in [1.54, 1.807) is 21.6 Å². The van der Waals surface area contributed by atoms with Crippen molar-refractivity contribution in [1.29, 1.82) is 0 Å². The lowest BCUT2D eigenvalue weighted by Gasteiger charge is -2.16. The van der Waals surface area contributed by atoms with Crippen molar-refractivity contribution in [1.82, 2.24) is 29.3 Å². The first-order valence-electron chi connectivity index (χ1n) is 12.3. The van der Waals surface area contributed by atoms with E-state index in [0.29, 0.717) is 34.6 Å². The van der Waals surface area contributed by atoms with Crippen LogP contribution in [0.4, 0.5) is 5.69 Å². The van der Waals surface area contributed by atoms with Gasteiger partial charge in [0, 0.05) is 29.6 Å². The maximum atomic E-state index is 12.8. The molecule has 2 fully saturated rings. The van der Waals surface area contributed by atoms with Crippen LogP contribution in [0.1, 0.15) is 35.3 Å². The number of pyridine rings is 1. The van der Waals surface area contributed by atoms with Gasteiger partial charge in [0.25, 0.3) is 5.91 Å². The van der Waals surface area contributed by atoms with E-state index in [4.69, 9.17) is 5.73 Å². The van der Waals surface area contributed by atoms with Crippen LogP contribution in [-0.2, 0) is 11.3 Å². The van der Waals surface area contributed by atoms with Crippen LogP contribution in [0.15, 0.2) is 30.9 Å². The van der Waals surface area contributed by atoms with Gasteiger partial charge in [0.15, 0.2) is 0 Å². The number of carbonyl (C=O) groups excluding carboxylic acids is 2. The minimum atomic E-state index is -0.559. The average Bonchev–Trinajstić information content (AvgIpc) is 3.25. The second-order valence-corrected chi connectivity index (χ2v) is 11.0. The Bertz CT molecular complexity index is 1520. The van der Waals surface area contributed by atoms with Gasteiger partial charge < -0.3 is 16.2 Å². The molecule has 11 nitrogen and oxygen atoms in total. The summed E-state index contributed by atoms with van der Waals surface area (Å²) in [6.07, 6.45) is 10.4. The zero-order valence-electron chi connectivity index (χ0n) is 20.5. The van der Waals surface area contributed by atoms with Gasteiger partial charge >= 0.3 is 0 Å². The van der Waals surface area contributed by atoms with Crippen molar-refractivity contribution in [2.24, 2.45) is 11.1 Å². The first-order chi connectivity index (χ1) is 17.9. The smallest absolute Gasteiger partial charge is 0.253 e. The molecular formula is C25H28N8O3S. The van der Waals surface area contributed by atoms with Gasteiger partial charge in [-0.25, -0.2) is 4.52 Å². The number of aliphatic hydroxyl groups is 1. The Morgan fingerprint density at radius 3 is 2.78 bits per heavy atom. The van der Waals surface area contributed by atoms with Crippen LogP contribution in [0, 0.1) is 12.3 Å². The molecule has 12 heteroatoms. The molecule has 192 valence electrons. The molecule has 1 spiro atoms. The number of nitrogens with one attached hydrogen (secondary N) is 1. The van der Waals surface area contributed by atoms with E-state index in [1.165, 1.54) is 36.8 Å². The minimum Gasteiger partial charge on any atom is -0.394 e. The quantitative estimate of drug-likeness (QED) is 0.323. The monoisotopic (exact) mass is 520 g/mol. The molecular weight excluding hydrogens is 492 g/mol. The van der Waals surface area contributed by atoms with E-state index >= 15 is 0 Å². The number of rotatable bonds is 8. The highest BCUT2D eigenvalue weighted by molar-refractivity contribution is 7.21. The molecule has 2 amide bonds. The lowest BCUT2D eigenvalue weighted by molar-refractivity contribution is -0.117. The van der Waals surface area contributed by atoms with Gasteiger partial charge in [-0.2, -0.15) is 10.2 Å². The van der Waals surface area contributed by atoms with Gasteiger partial charge in [-0.15, -0.1) is 11.3 Å². The van der Waals surface area contributed by atoms with Crippen LogP contribution in [0.25, 0.3) is 26.5 Å². The highest BCUT2D eigenvalue weighted by Crippen LogP contribution is 2.52. The van der Waals surface area contributed by atoms with Crippen molar-refractivity contribution >= 4 is 33.7 Å². The summed E-state index contributed by atoms with van der Waals surface area (Å²) < 4.78 is 3.35. The van der Waals surface area contributed by atoms with E-state index in [0.717, 1.165) is 40.5 Å². The summed E-state index contributed by atoms with van der Waals surface area (Å²) in [6, 6.07) is 1.89. The number of nitrogens with two attached hydrogens (primary N) is 1. The normalized spacial score (nSPS) is 16.6. The molecule has 37 heavy (non-hydrogen) atoms. The highest BCUT2D eigenvalue weighted by atomic mass is 32.1. The third-order valence-electron chi connectivity index (χ3n) is 7.31. The Morgan fingerprint density at radius 1 is 1.22 bits per heavy atom. The number of primary amides is 1. The summed E-state index contributed by atoms with van der Waals surface area (Å²) in [7, 11) is 0. The van der Waals surface area contributed by atoms with E-state index in [1.807, 2.05) is 19.2 Å². The number of amides is 2. The lowest BCUT2D eigenvalue weighted by Crippen LogP contribution is -2.31.